The summed E-state index contributed by atoms with van der Waals surface area (Å²) in [4.78, 5) is 10.4. The SMILES string of the molecule is CCNC(=NCC(C)c1cccs1)NCCCSc1nccs1. The highest BCUT2D eigenvalue weighted by molar-refractivity contribution is 8.00. The van der Waals surface area contributed by atoms with E-state index in [1.54, 1.807) is 22.7 Å². The number of aliphatic imine (C=N–C) groups is 1. The third-order valence-corrected chi connectivity index (χ3v) is 6.30. The predicted octanol–water partition coefficient (Wildman–Crippen LogP) is 4.05. The van der Waals surface area contributed by atoms with Gasteiger partial charge < -0.3 is 10.6 Å². The smallest absolute Gasteiger partial charge is 0.191 e. The lowest BCUT2D eigenvalue weighted by molar-refractivity contribution is 0.751. The van der Waals surface area contributed by atoms with Crippen LogP contribution in [0.4, 0.5) is 0 Å². The average Bonchev–Trinajstić information content (AvgIpc) is 3.25. The Morgan fingerprint density at radius 2 is 2.26 bits per heavy atom. The highest BCUT2D eigenvalue weighted by Gasteiger charge is 2.06. The normalized spacial score (nSPS) is 13.0. The minimum atomic E-state index is 0.464. The molecule has 2 N–H and O–H groups in total. The predicted molar refractivity (Wildman–Crippen MR) is 104 cm³/mol. The molecule has 4 nitrogen and oxygen atoms in total. The number of guanidine groups is 1. The molecule has 0 spiro atoms. The van der Waals surface area contributed by atoms with Gasteiger partial charge >= 0.3 is 0 Å². The van der Waals surface area contributed by atoms with E-state index in [9.17, 15) is 0 Å². The summed E-state index contributed by atoms with van der Waals surface area (Å²) in [5.74, 6) is 2.45. The zero-order valence-corrected chi connectivity index (χ0v) is 16.1. The van der Waals surface area contributed by atoms with Crippen molar-refractivity contribution in [1.82, 2.24) is 15.6 Å². The quantitative estimate of drug-likeness (QED) is 0.303. The van der Waals surface area contributed by atoms with Gasteiger partial charge in [0.1, 0.15) is 4.34 Å². The number of thiazole rings is 1. The summed E-state index contributed by atoms with van der Waals surface area (Å²) in [5.41, 5.74) is 0. The molecule has 0 saturated carbocycles. The molecule has 0 bridgehead atoms. The topological polar surface area (TPSA) is 49.3 Å². The number of nitrogens with one attached hydrogen (secondary N) is 2. The van der Waals surface area contributed by atoms with E-state index < -0.39 is 0 Å². The van der Waals surface area contributed by atoms with Crippen LogP contribution < -0.4 is 10.6 Å². The van der Waals surface area contributed by atoms with Crippen molar-refractivity contribution >= 4 is 40.4 Å². The number of hydrogen-bond donors (Lipinski definition) is 2. The van der Waals surface area contributed by atoms with Gasteiger partial charge in [-0.15, -0.1) is 22.7 Å². The van der Waals surface area contributed by atoms with Crippen LogP contribution in [0, 0.1) is 0 Å². The molecular formula is C16H24N4S3. The van der Waals surface area contributed by atoms with Crippen LogP contribution in [0.2, 0.25) is 0 Å². The third kappa shape index (κ3) is 6.93. The van der Waals surface area contributed by atoms with Crippen LogP contribution in [-0.4, -0.2) is 36.3 Å². The summed E-state index contributed by atoms with van der Waals surface area (Å²) in [6, 6.07) is 4.28. The maximum absolute atomic E-state index is 4.70. The average molecular weight is 369 g/mol. The third-order valence-electron chi connectivity index (χ3n) is 3.15. The van der Waals surface area contributed by atoms with E-state index in [4.69, 9.17) is 4.99 Å². The molecule has 0 amide bonds. The van der Waals surface area contributed by atoms with Gasteiger partial charge in [-0.1, -0.05) is 24.8 Å². The maximum atomic E-state index is 4.70. The van der Waals surface area contributed by atoms with Gasteiger partial charge in [0.15, 0.2) is 5.96 Å². The fourth-order valence-electron chi connectivity index (χ4n) is 1.95. The van der Waals surface area contributed by atoms with Crippen LogP contribution in [0.3, 0.4) is 0 Å². The molecular weight excluding hydrogens is 344 g/mol. The van der Waals surface area contributed by atoms with Crippen molar-refractivity contribution in [2.24, 2.45) is 4.99 Å². The van der Waals surface area contributed by atoms with Gasteiger partial charge in [-0.3, -0.25) is 4.99 Å². The molecule has 0 aliphatic rings. The van der Waals surface area contributed by atoms with Gasteiger partial charge in [0.2, 0.25) is 0 Å². The molecule has 1 atom stereocenters. The van der Waals surface area contributed by atoms with E-state index in [0.29, 0.717) is 5.92 Å². The molecule has 0 aliphatic carbocycles. The lowest BCUT2D eigenvalue weighted by atomic mass is 10.1. The molecule has 0 saturated heterocycles. The molecule has 0 radical (unpaired) electrons. The van der Waals surface area contributed by atoms with E-state index >= 15 is 0 Å². The van der Waals surface area contributed by atoms with Gasteiger partial charge in [-0.25, -0.2) is 4.98 Å². The summed E-state index contributed by atoms with van der Waals surface area (Å²) >= 11 is 5.32. The molecule has 0 fully saturated rings. The molecule has 2 aromatic heterocycles. The standard InChI is InChI=1S/C16H24N4S3/c1-3-17-15(20-12-13(2)14-6-4-9-21-14)18-7-5-10-22-16-19-8-11-23-16/h4,6,8-9,11,13H,3,5,7,10,12H2,1-2H3,(H2,17,18,20). The van der Waals surface area contributed by atoms with E-state index in [1.807, 2.05) is 23.3 Å². The largest absolute Gasteiger partial charge is 0.357 e. The van der Waals surface area contributed by atoms with Crippen molar-refractivity contribution in [2.75, 3.05) is 25.4 Å². The highest BCUT2D eigenvalue weighted by Crippen LogP contribution is 2.21. The fraction of sp³-hybridized carbons (Fsp3) is 0.500. The van der Waals surface area contributed by atoms with Crippen molar-refractivity contribution in [3.05, 3.63) is 34.0 Å². The van der Waals surface area contributed by atoms with Crippen molar-refractivity contribution < 1.29 is 0 Å². The molecule has 23 heavy (non-hydrogen) atoms. The number of nitrogens with zero attached hydrogens (tertiary/aromatic N) is 2. The van der Waals surface area contributed by atoms with Crippen LogP contribution >= 0.6 is 34.4 Å². The Balaban J connectivity index is 1.68. The summed E-state index contributed by atoms with van der Waals surface area (Å²) in [6.45, 7) is 6.94. The second kappa shape index (κ2) is 10.7. The van der Waals surface area contributed by atoms with Crippen LogP contribution in [-0.2, 0) is 0 Å². The molecule has 0 aromatic carbocycles. The number of thioether (sulfide) groups is 1. The Morgan fingerprint density at radius 3 is 2.96 bits per heavy atom. The van der Waals surface area contributed by atoms with Gasteiger partial charge in [0.05, 0.1) is 6.54 Å². The number of aromatic nitrogens is 1. The Kier molecular flexibility index (Phi) is 8.49. The van der Waals surface area contributed by atoms with Gasteiger partial charge in [-0.05, 0) is 24.8 Å². The second-order valence-corrected chi connectivity index (χ2v) is 8.28. The zero-order chi connectivity index (χ0) is 16.3. The zero-order valence-electron chi connectivity index (χ0n) is 13.6. The van der Waals surface area contributed by atoms with Crippen molar-refractivity contribution in [3.63, 3.8) is 0 Å². The monoisotopic (exact) mass is 368 g/mol. The van der Waals surface area contributed by atoms with Crippen molar-refractivity contribution in [2.45, 2.75) is 30.5 Å². The number of thiophene rings is 1. The van der Waals surface area contributed by atoms with Crippen LogP contribution in [0.25, 0.3) is 0 Å². The van der Waals surface area contributed by atoms with Crippen molar-refractivity contribution in [1.29, 1.82) is 0 Å². The van der Waals surface area contributed by atoms with Crippen LogP contribution in [0.5, 0.6) is 0 Å². The lowest BCUT2D eigenvalue weighted by Gasteiger charge is -2.12. The van der Waals surface area contributed by atoms with Crippen LogP contribution in [0.1, 0.15) is 31.1 Å². The molecule has 7 heteroatoms. The van der Waals surface area contributed by atoms with E-state index in [2.05, 4.69) is 47.0 Å². The second-order valence-electron chi connectivity index (χ2n) is 5.06. The molecule has 2 heterocycles. The lowest BCUT2D eigenvalue weighted by Crippen LogP contribution is -2.38. The first-order chi connectivity index (χ1) is 11.3. The Morgan fingerprint density at radius 1 is 1.35 bits per heavy atom. The van der Waals surface area contributed by atoms with E-state index in [-0.39, 0.29) is 0 Å². The van der Waals surface area contributed by atoms with Crippen molar-refractivity contribution in [3.8, 4) is 0 Å². The molecule has 2 aromatic rings. The summed E-state index contributed by atoms with van der Waals surface area (Å²) in [5, 5.41) is 10.9. The van der Waals surface area contributed by atoms with E-state index in [1.165, 1.54) is 4.88 Å². The van der Waals surface area contributed by atoms with Gasteiger partial charge in [0.25, 0.3) is 0 Å². The van der Waals surface area contributed by atoms with E-state index in [0.717, 1.165) is 42.1 Å². The molecule has 1 unspecified atom stereocenters. The summed E-state index contributed by atoms with van der Waals surface area (Å²) in [6.07, 6.45) is 2.95. The Labute approximate surface area is 150 Å². The first-order valence-electron chi connectivity index (χ1n) is 7.87. The molecule has 0 aliphatic heterocycles. The Bertz CT molecular complexity index is 552. The summed E-state index contributed by atoms with van der Waals surface area (Å²) < 4.78 is 1.15. The fourth-order valence-corrected chi connectivity index (χ4v) is 4.38. The highest BCUT2D eigenvalue weighted by atomic mass is 32.2. The first kappa shape index (κ1) is 18.3. The van der Waals surface area contributed by atoms with Gasteiger partial charge in [-0.2, -0.15) is 0 Å². The molecule has 126 valence electrons. The maximum Gasteiger partial charge on any atom is 0.191 e. The minimum absolute atomic E-state index is 0.464. The minimum Gasteiger partial charge on any atom is -0.357 e. The van der Waals surface area contributed by atoms with Crippen LogP contribution in [0.15, 0.2) is 38.4 Å². The Hall–Kier alpha value is -1.05. The first-order valence-corrected chi connectivity index (χ1v) is 10.6. The summed E-state index contributed by atoms with van der Waals surface area (Å²) in [7, 11) is 0. The number of hydrogen-bond acceptors (Lipinski definition) is 5. The van der Waals surface area contributed by atoms with Gasteiger partial charge in [0, 0.05) is 41.2 Å². The molecule has 2 rings (SSSR count). The number of rotatable bonds is 9.